The van der Waals surface area contributed by atoms with E-state index in [4.69, 9.17) is 0 Å². The molecule has 0 radical (unpaired) electrons. The van der Waals surface area contributed by atoms with Gasteiger partial charge in [-0.2, -0.15) is 0 Å². The third-order valence-electron chi connectivity index (χ3n) is 4.23. The molecule has 2 atom stereocenters. The highest BCUT2D eigenvalue weighted by Crippen LogP contribution is 2.44. The summed E-state index contributed by atoms with van der Waals surface area (Å²) in [5.41, 5.74) is 1.80. The summed E-state index contributed by atoms with van der Waals surface area (Å²) < 4.78 is 0. The van der Waals surface area contributed by atoms with Crippen molar-refractivity contribution < 1.29 is 15.0 Å². The molecule has 0 bridgehead atoms. The molecule has 2 N–H and O–H groups in total. The highest BCUT2D eigenvalue weighted by molar-refractivity contribution is 5.72. The first-order valence-electron chi connectivity index (χ1n) is 7.04. The first-order chi connectivity index (χ1) is 8.99. The van der Waals surface area contributed by atoms with E-state index in [0.717, 1.165) is 36.0 Å². The molecule has 104 valence electrons. The maximum absolute atomic E-state index is 11.5. The molecule has 0 saturated heterocycles. The number of carboxylic acid groups (broad SMARTS) is 1. The summed E-state index contributed by atoms with van der Waals surface area (Å²) in [6.07, 6.45) is 3.60. The van der Waals surface area contributed by atoms with E-state index < -0.39 is 17.5 Å². The Kier molecular flexibility index (Phi) is 3.95. The highest BCUT2D eigenvalue weighted by atomic mass is 16.4. The Morgan fingerprint density at radius 3 is 2.84 bits per heavy atom. The quantitative estimate of drug-likeness (QED) is 0.857. The maximum atomic E-state index is 11.5. The van der Waals surface area contributed by atoms with E-state index in [0.29, 0.717) is 12.8 Å². The second-order valence-corrected chi connectivity index (χ2v) is 5.62. The van der Waals surface area contributed by atoms with Gasteiger partial charge in [0.05, 0.1) is 5.92 Å². The van der Waals surface area contributed by atoms with Gasteiger partial charge in [0.25, 0.3) is 0 Å². The van der Waals surface area contributed by atoms with Crippen molar-refractivity contribution in [2.45, 2.75) is 51.6 Å². The molecular weight excluding hydrogens is 240 g/mol. The number of aryl methyl sites for hydroxylation is 2. The molecule has 1 aromatic rings. The number of aliphatic hydroxyl groups is 1. The van der Waals surface area contributed by atoms with Gasteiger partial charge in [-0.15, -0.1) is 0 Å². The molecule has 0 amide bonds. The number of carbonyl (C=O) groups is 1. The van der Waals surface area contributed by atoms with Crippen LogP contribution >= 0.6 is 0 Å². The lowest BCUT2D eigenvalue weighted by atomic mass is 9.79. The fourth-order valence-electron chi connectivity index (χ4n) is 3.11. The highest BCUT2D eigenvalue weighted by Gasteiger charge is 2.46. The number of unbranched alkanes of at least 4 members (excludes halogenated alkanes) is 1. The predicted molar refractivity (Wildman–Crippen MR) is 74.0 cm³/mol. The van der Waals surface area contributed by atoms with Crippen LogP contribution < -0.4 is 0 Å². The Balaban J connectivity index is 2.38. The molecule has 0 heterocycles. The van der Waals surface area contributed by atoms with Gasteiger partial charge in [0.2, 0.25) is 0 Å². The Labute approximate surface area is 114 Å². The molecule has 2 rings (SSSR count). The summed E-state index contributed by atoms with van der Waals surface area (Å²) >= 11 is 0. The smallest absolute Gasteiger partial charge is 0.309 e. The fraction of sp³-hybridized carbons (Fsp3) is 0.562. The summed E-state index contributed by atoms with van der Waals surface area (Å²) in [6.45, 7) is 4.01. The third kappa shape index (κ3) is 2.52. The van der Waals surface area contributed by atoms with Gasteiger partial charge >= 0.3 is 5.97 Å². The zero-order valence-corrected chi connectivity index (χ0v) is 11.6. The lowest BCUT2D eigenvalue weighted by Gasteiger charge is -2.31. The summed E-state index contributed by atoms with van der Waals surface area (Å²) in [5, 5.41) is 20.4. The van der Waals surface area contributed by atoms with Crippen molar-refractivity contribution in [1.29, 1.82) is 0 Å². The molecule has 0 saturated carbocycles. The lowest BCUT2D eigenvalue weighted by molar-refractivity contribution is -0.153. The number of carboxylic acids is 1. The van der Waals surface area contributed by atoms with E-state index in [1.165, 1.54) is 0 Å². The fourth-order valence-corrected chi connectivity index (χ4v) is 3.11. The molecule has 0 fully saturated rings. The van der Waals surface area contributed by atoms with Crippen LogP contribution in [0.5, 0.6) is 0 Å². The van der Waals surface area contributed by atoms with Gasteiger partial charge in [-0.25, -0.2) is 0 Å². The first kappa shape index (κ1) is 14.1. The van der Waals surface area contributed by atoms with Crippen LogP contribution in [0.1, 0.15) is 49.3 Å². The molecule has 3 heteroatoms. The van der Waals surface area contributed by atoms with Gasteiger partial charge in [0.1, 0.15) is 5.60 Å². The van der Waals surface area contributed by atoms with Crippen molar-refractivity contribution in [3.8, 4) is 0 Å². The molecule has 0 aliphatic heterocycles. The average Bonchev–Trinajstić information content (AvgIpc) is 2.68. The molecular formula is C16H22O3. The molecule has 0 spiro atoms. The summed E-state index contributed by atoms with van der Waals surface area (Å²) in [6, 6.07) is 5.98. The van der Waals surface area contributed by atoms with Crippen molar-refractivity contribution in [2.75, 3.05) is 0 Å². The van der Waals surface area contributed by atoms with Crippen molar-refractivity contribution in [3.05, 3.63) is 34.9 Å². The molecule has 2 unspecified atom stereocenters. The Morgan fingerprint density at radius 2 is 2.21 bits per heavy atom. The number of benzene rings is 1. The summed E-state index contributed by atoms with van der Waals surface area (Å²) in [7, 11) is 0. The van der Waals surface area contributed by atoms with Crippen molar-refractivity contribution in [1.82, 2.24) is 0 Å². The van der Waals surface area contributed by atoms with Crippen molar-refractivity contribution in [3.63, 3.8) is 0 Å². The number of hydrogen-bond donors (Lipinski definition) is 2. The zero-order chi connectivity index (χ0) is 14.0. The van der Waals surface area contributed by atoms with Crippen LogP contribution in [-0.4, -0.2) is 16.2 Å². The van der Waals surface area contributed by atoms with Crippen LogP contribution in [0.4, 0.5) is 0 Å². The average molecular weight is 262 g/mol. The van der Waals surface area contributed by atoms with Crippen LogP contribution in [0.2, 0.25) is 0 Å². The molecule has 1 aliphatic carbocycles. The number of fused-ring (bicyclic) bond motifs is 1. The molecule has 0 aromatic heterocycles. The van der Waals surface area contributed by atoms with E-state index in [2.05, 4.69) is 0 Å². The normalized spacial score (nSPS) is 23.1. The Bertz CT molecular complexity index is 481. The maximum Gasteiger partial charge on any atom is 0.309 e. The Hall–Kier alpha value is -1.35. The minimum absolute atomic E-state index is 0.520. The van der Waals surface area contributed by atoms with E-state index in [9.17, 15) is 15.0 Å². The molecule has 19 heavy (non-hydrogen) atoms. The first-order valence-corrected chi connectivity index (χ1v) is 7.04. The molecule has 1 aliphatic rings. The predicted octanol–water partition coefficient (Wildman–Crippen LogP) is 3.02. The van der Waals surface area contributed by atoms with Gasteiger partial charge in [-0.05, 0) is 37.3 Å². The number of rotatable bonds is 5. The number of hydrogen-bond acceptors (Lipinski definition) is 2. The zero-order valence-electron chi connectivity index (χ0n) is 11.6. The van der Waals surface area contributed by atoms with E-state index in [1.54, 1.807) is 0 Å². The standard InChI is InChI=1S/C16H22O3/c1-3-4-5-13(15(17)18)16(19)9-8-12-7-6-11(2)10-14(12)16/h6-7,10,13,19H,3-5,8-9H2,1-2H3,(H,17,18). The van der Waals surface area contributed by atoms with Crippen LogP contribution in [0.25, 0.3) is 0 Å². The van der Waals surface area contributed by atoms with Gasteiger partial charge in [0, 0.05) is 0 Å². The third-order valence-corrected chi connectivity index (χ3v) is 4.23. The number of aliphatic carboxylic acids is 1. The lowest BCUT2D eigenvalue weighted by Crippen LogP contribution is -2.38. The van der Waals surface area contributed by atoms with Gasteiger partial charge in [0.15, 0.2) is 0 Å². The van der Waals surface area contributed by atoms with E-state index in [1.807, 2.05) is 32.0 Å². The van der Waals surface area contributed by atoms with Gasteiger partial charge in [-0.1, -0.05) is 43.5 Å². The SMILES string of the molecule is CCCCC(C(=O)O)C1(O)CCc2ccc(C)cc21. The second-order valence-electron chi connectivity index (χ2n) is 5.62. The van der Waals surface area contributed by atoms with Crippen LogP contribution in [0.15, 0.2) is 18.2 Å². The van der Waals surface area contributed by atoms with E-state index >= 15 is 0 Å². The van der Waals surface area contributed by atoms with Crippen LogP contribution in [-0.2, 0) is 16.8 Å². The van der Waals surface area contributed by atoms with Crippen LogP contribution in [0.3, 0.4) is 0 Å². The molecule has 1 aromatic carbocycles. The van der Waals surface area contributed by atoms with Gasteiger partial charge < -0.3 is 10.2 Å². The summed E-state index contributed by atoms with van der Waals surface area (Å²) in [4.78, 5) is 11.5. The monoisotopic (exact) mass is 262 g/mol. The topological polar surface area (TPSA) is 57.5 Å². The van der Waals surface area contributed by atoms with Crippen LogP contribution in [0, 0.1) is 12.8 Å². The minimum atomic E-state index is -1.19. The van der Waals surface area contributed by atoms with Crippen molar-refractivity contribution >= 4 is 5.97 Å². The van der Waals surface area contributed by atoms with E-state index in [-0.39, 0.29) is 0 Å². The van der Waals surface area contributed by atoms with Crippen molar-refractivity contribution in [2.24, 2.45) is 5.92 Å². The van der Waals surface area contributed by atoms with Gasteiger partial charge in [-0.3, -0.25) is 4.79 Å². The summed E-state index contributed by atoms with van der Waals surface area (Å²) in [5.74, 6) is -1.58. The Morgan fingerprint density at radius 1 is 1.47 bits per heavy atom. The molecule has 3 nitrogen and oxygen atoms in total. The minimum Gasteiger partial charge on any atom is -0.481 e. The second kappa shape index (κ2) is 5.33. The largest absolute Gasteiger partial charge is 0.481 e.